The van der Waals surface area contributed by atoms with Gasteiger partial charge in [-0.3, -0.25) is 0 Å². The van der Waals surface area contributed by atoms with E-state index in [9.17, 15) is 9.18 Å². The summed E-state index contributed by atoms with van der Waals surface area (Å²) in [6.07, 6.45) is 0. The highest BCUT2D eigenvalue weighted by atomic mass is 19.1. The van der Waals surface area contributed by atoms with Gasteiger partial charge in [0.05, 0.1) is 5.56 Å². The Kier molecular flexibility index (Phi) is 4.35. The van der Waals surface area contributed by atoms with Crippen molar-refractivity contribution in [1.29, 1.82) is 0 Å². The molecule has 0 aliphatic carbocycles. The fraction of sp³-hybridized carbons (Fsp3) is 0.188. The summed E-state index contributed by atoms with van der Waals surface area (Å²) >= 11 is 0. The van der Waals surface area contributed by atoms with Crippen molar-refractivity contribution in [3.05, 3.63) is 65.5 Å². The number of nitrogens with zero attached hydrogens (tertiary/aromatic N) is 1. The van der Waals surface area contributed by atoms with Gasteiger partial charge < -0.3 is 10.0 Å². The van der Waals surface area contributed by atoms with E-state index in [1.165, 1.54) is 12.1 Å². The number of hydrogen-bond donors (Lipinski definition) is 1. The standard InChI is InChI=1S/C16H16FNO2/c1-2-18(11-12-3-7-14(17)8-4-12)15-9-5-13(6-10-15)16(19)20/h3-10H,2,11H2,1H3,(H,19,20). The van der Waals surface area contributed by atoms with Crippen LogP contribution in [0.2, 0.25) is 0 Å². The Morgan fingerprint density at radius 1 is 1.10 bits per heavy atom. The average Bonchev–Trinajstić information content (AvgIpc) is 2.47. The predicted molar refractivity (Wildman–Crippen MR) is 76.5 cm³/mol. The number of carboxylic acid groups (broad SMARTS) is 1. The van der Waals surface area contributed by atoms with E-state index < -0.39 is 5.97 Å². The molecule has 0 saturated carbocycles. The molecule has 2 aromatic carbocycles. The topological polar surface area (TPSA) is 40.5 Å². The van der Waals surface area contributed by atoms with Gasteiger partial charge >= 0.3 is 5.97 Å². The Morgan fingerprint density at radius 3 is 2.20 bits per heavy atom. The summed E-state index contributed by atoms with van der Waals surface area (Å²) in [5.41, 5.74) is 2.23. The monoisotopic (exact) mass is 273 g/mol. The summed E-state index contributed by atoms with van der Waals surface area (Å²) in [5.74, 6) is -1.18. The normalized spacial score (nSPS) is 10.3. The van der Waals surface area contributed by atoms with Gasteiger partial charge in [0.1, 0.15) is 5.82 Å². The molecule has 0 saturated heterocycles. The third-order valence-corrected chi connectivity index (χ3v) is 3.15. The molecule has 0 atom stereocenters. The second kappa shape index (κ2) is 6.19. The number of halogens is 1. The molecule has 3 nitrogen and oxygen atoms in total. The van der Waals surface area contributed by atoms with Gasteiger partial charge in [0.15, 0.2) is 0 Å². The SMILES string of the molecule is CCN(Cc1ccc(F)cc1)c1ccc(C(=O)O)cc1. The molecule has 0 amide bonds. The van der Waals surface area contributed by atoms with Crippen molar-refractivity contribution in [2.45, 2.75) is 13.5 Å². The molecule has 104 valence electrons. The van der Waals surface area contributed by atoms with Crippen LogP contribution in [0.5, 0.6) is 0 Å². The van der Waals surface area contributed by atoms with E-state index in [1.54, 1.807) is 36.4 Å². The zero-order valence-electron chi connectivity index (χ0n) is 11.2. The lowest BCUT2D eigenvalue weighted by Crippen LogP contribution is -2.22. The second-order valence-electron chi connectivity index (χ2n) is 4.49. The molecule has 0 heterocycles. The zero-order chi connectivity index (χ0) is 14.5. The van der Waals surface area contributed by atoms with Crippen molar-refractivity contribution >= 4 is 11.7 Å². The molecular formula is C16H16FNO2. The summed E-state index contributed by atoms with van der Waals surface area (Å²) in [5, 5.41) is 8.88. The van der Waals surface area contributed by atoms with Crippen molar-refractivity contribution in [1.82, 2.24) is 0 Å². The first-order chi connectivity index (χ1) is 9.60. The zero-order valence-corrected chi connectivity index (χ0v) is 11.2. The van der Waals surface area contributed by atoms with Gasteiger partial charge in [-0.1, -0.05) is 12.1 Å². The predicted octanol–water partition coefficient (Wildman–Crippen LogP) is 3.55. The van der Waals surface area contributed by atoms with E-state index in [2.05, 4.69) is 4.90 Å². The largest absolute Gasteiger partial charge is 0.478 e. The molecule has 4 heteroatoms. The molecular weight excluding hydrogens is 257 g/mol. The van der Waals surface area contributed by atoms with E-state index in [-0.39, 0.29) is 11.4 Å². The lowest BCUT2D eigenvalue weighted by Gasteiger charge is -2.23. The fourth-order valence-corrected chi connectivity index (χ4v) is 2.01. The van der Waals surface area contributed by atoms with Gasteiger partial charge in [-0.15, -0.1) is 0 Å². The third kappa shape index (κ3) is 3.35. The Bertz CT molecular complexity index is 578. The summed E-state index contributed by atoms with van der Waals surface area (Å²) < 4.78 is 12.9. The highest BCUT2D eigenvalue weighted by molar-refractivity contribution is 5.88. The molecule has 0 aromatic heterocycles. The van der Waals surface area contributed by atoms with Gasteiger partial charge in [-0.2, -0.15) is 0 Å². The Morgan fingerprint density at radius 2 is 1.70 bits per heavy atom. The molecule has 0 fully saturated rings. The first-order valence-corrected chi connectivity index (χ1v) is 6.43. The van der Waals surface area contributed by atoms with Crippen molar-refractivity contribution in [3.8, 4) is 0 Å². The van der Waals surface area contributed by atoms with Gasteiger partial charge in [-0.25, -0.2) is 9.18 Å². The number of carboxylic acids is 1. The lowest BCUT2D eigenvalue weighted by molar-refractivity contribution is 0.0697. The van der Waals surface area contributed by atoms with Crippen LogP contribution in [0.15, 0.2) is 48.5 Å². The van der Waals surface area contributed by atoms with Crippen LogP contribution < -0.4 is 4.90 Å². The third-order valence-electron chi connectivity index (χ3n) is 3.15. The molecule has 0 aliphatic heterocycles. The maximum Gasteiger partial charge on any atom is 0.335 e. The maximum absolute atomic E-state index is 12.9. The first kappa shape index (κ1) is 14.1. The molecule has 0 spiro atoms. The number of anilines is 1. The molecule has 0 unspecified atom stereocenters. The molecule has 2 aromatic rings. The molecule has 0 bridgehead atoms. The number of benzene rings is 2. The molecule has 0 aliphatic rings. The van der Waals surface area contributed by atoms with Crippen LogP contribution in [0.25, 0.3) is 0 Å². The molecule has 2 rings (SSSR count). The van der Waals surface area contributed by atoms with Gasteiger partial charge in [0.25, 0.3) is 0 Å². The van der Waals surface area contributed by atoms with Gasteiger partial charge in [0, 0.05) is 18.8 Å². The Hall–Kier alpha value is -2.36. The molecule has 0 radical (unpaired) electrons. The minimum atomic E-state index is -0.932. The number of aromatic carboxylic acids is 1. The summed E-state index contributed by atoms with van der Waals surface area (Å²) in [4.78, 5) is 12.9. The highest BCUT2D eigenvalue weighted by Crippen LogP contribution is 2.18. The summed E-state index contributed by atoms with van der Waals surface area (Å²) in [6, 6.07) is 13.1. The van der Waals surface area contributed by atoms with Crippen LogP contribution in [0.1, 0.15) is 22.8 Å². The van der Waals surface area contributed by atoms with E-state index >= 15 is 0 Å². The van der Waals surface area contributed by atoms with Crippen LogP contribution in [0, 0.1) is 5.82 Å². The number of carbonyl (C=O) groups is 1. The minimum absolute atomic E-state index is 0.248. The van der Waals surface area contributed by atoms with Crippen LogP contribution in [-0.2, 0) is 6.54 Å². The van der Waals surface area contributed by atoms with Gasteiger partial charge in [0.2, 0.25) is 0 Å². The van der Waals surface area contributed by atoms with Crippen molar-refractivity contribution in [3.63, 3.8) is 0 Å². The van der Waals surface area contributed by atoms with Crippen molar-refractivity contribution < 1.29 is 14.3 Å². The Balaban J connectivity index is 2.15. The van der Waals surface area contributed by atoms with E-state index in [0.29, 0.717) is 6.54 Å². The van der Waals surface area contributed by atoms with Crippen LogP contribution >= 0.6 is 0 Å². The summed E-state index contributed by atoms with van der Waals surface area (Å²) in [7, 11) is 0. The summed E-state index contributed by atoms with van der Waals surface area (Å²) in [6.45, 7) is 3.46. The molecule has 1 N–H and O–H groups in total. The van der Waals surface area contributed by atoms with E-state index in [1.807, 2.05) is 6.92 Å². The maximum atomic E-state index is 12.9. The second-order valence-corrected chi connectivity index (χ2v) is 4.49. The van der Waals surface area contributed by atoms with Crippen LogP contribution in [0.4, 0.5) is 10.1 Å². The number of hydrogen-bond acceptors (Lipinski definition) is 2. The van der Waals surface area contributed by atoms with Crippen molar-refractivity contribution in [2.24, 2.45) is 0 Å². The minimum Gasteiger partial charge on any atom is -0.478 e. The fourth-order valence-electron chi connectivity index (χ4n) is 2.01. The lowest BCUT2D eigenvalue weighted by atomic mass is 10.1. The van der Waals surface area contributed by atoms with Crippen LogP contribution in [-0.4, -0.2) is 17.6 Å². The highest BCUT2D eigenvalue weighted by Gasteiger charge is 2.07. The Labute approximate surface area is 117 Å². The number of rotatable bonds is 5. The van der Waals surface area contributed by atoms with E-state index in [4.69, 9.17) is 5.11 Å². The van der Waals surface area contributed by atoms with Gasteiger partial charge in [-0.05, 0) is 48.9 Å². The quantitative estimate of drug-likeness (QED) is 0.905. The first-order valence-electron chi connectivity index (χ1n) is 6.43. The van der Waals surface area contributed by atoms with Crippen molar-refractivity contribution in [2.75, 3.05) is 11.4 Å². The van der Waals surface area contributed by atoms with Crippen LogP contribution in [0.3, 0.4) is 0 Å². The molecule has 20 heavy (non-hydrogen) atoms. The smallest absolute Gasteiger partial charge is 0.335 e. The van der Waals surface area contributed by atoms with E-state index in [0.717, 1.165) is 17.8 Å². The average molecular weight is 273 g/mol.